The number of anilines is 2. The van der Waals surface area contributed by atoms with E-state index < -0.39 is 0 Å². The molecule has 0 radical (unpaired) electrons. The van der Waals surface area contributed by atoms with Gasteiger partial charge in [-0.25, -0.2) is 0 Å². The maximum Gasteiger partial charge on any atom is 0.262 e. The highest BCUT2D eigenvalue weighted by molar-refractivity contribution is 5.92. The molecule has 1 unspecified atom stereocenters. The number of rotatable bonds is 6. The van der Waals surface area contributed by atoms with Gasteiger partial charge in [-0.3, -0.25) is 4.79 Å². The van der Waals surface area contributed by atoms with Crippen LogP contribution in [0.25, 0.3) is 0 Å². The number of aryl methyl sites for hydroxylation is 1. The molecule has 2 aromatic rings. The second kappa shape index (κ2) is 8.75. The van der Waals surface area contributed by atoms with Gasteiger partial charge in [0.25, 0.3) is 5.91 Å². The van der Waals surface area contributed by atoms with Gasteiger partial charge < -0.3 is 15.0 Å². The van der Waals surface area contributed by atoms with Gasteiger partial charge >= 0.3 is 0 Å². The van der Waals surface area contributed by atoms with Gasteiger partial charge in [-0.2, -0.15) is 0 Å². The van der Waals surface area contributed by atoms with E-state index in [0.29, 0.717) is 11.8 Å². The molecular formula is C22H28N2O2. The van der Waals surface area contributed by atoms with Crippen molar-refractivity contribution in [3.8, 4) is 5.75 Å². The fraction of sp³-hybridized carbons (Fsp3) is 0.409. The topological polar surface area (TPSA) is 41.6 Å². The lowest BCUT2D eigenvalue weighted by Gasteiger charge is -2.35. The van der Waals surface area contributed by atoms with Crippen LogP contribution in [0.5, 0.6) is 5.75 Å². The number of benzene rings is 2. The maximum atomic E-state index is 12.1. The normalized spacial score (nSPS) is 17.0. The van der Waals surface area contributed by atoms with E-state index in [1.807, 2.05) is 36.4 Å². The van der Waals surface area contributed by atoms with Crippen LogP contribution in [-0.4, -0.2) is 25.1 Å². The summed E-state index contributed by atoms with van der Waals surface area (Å²) < 4.78 is 5.55. The lowest BCUT2D eigenvalue weighted by Crippen LogP contribution is -2.37. The molecular weight excluding hydrogens is 324 g/mol. The van der Waals surface area contributed by atoms with Gasteiger partial charge in [0.1, 0.15) is 5.75 Å². The lowest BCUT2D eigenvalue weighted by atomic mass is 10.0. The fourth-order valence-corrected chi connectivity index (χ4v) is 3.39. The van der Waals surface area contributed by atoms with Crippen LogP contribution >= 0.6 is 0 Å². The molecule has 4 heteroatoms. The van der Waals surface area contributed by atoms with Crippen LogP contribution in [0.15, 0.2) is 48.5 Å². The highest BCUT2D eigenvalue weighted by Gasteiger charge is 2.18. The minimum Gasteiger partial charge on any atom is -0.484 e. The molecule has 1 amide bonds. The summed E-state index contributed by atoms with van der Waals surface area (Å²) in [7, 11) is 0. The molecule has 0 saturated carbocycles. The Labute approximate surface area is 156 Å². The van der Waals surface area contributed by atoms with Crippen LogP contribution in [0, 0.1) is 0 Å². The molecule has 4 nitrogen and oxygen atoms in total. The van der Waals surface area contributed by atoms with Crippen molar-refractivity contribution < 1.29 is 9.53 Å². The van der Waals surface area contributed by atoms with E-state index >= 15 is 0 Å². The summed E-state index contributed by atoms with van der Waals surface area (Å²) in [6.07, 6.45) is 4.80. The Kier molecular flexibility index (Phi) is 6.16. The molecule has 0 bridgehead atoms. The molecule has 1 aliphatic rings. The van der Waals surface area contributed by atoms with Gasteiger partial charge in [0.15, 0.2) is 6.61 Å². The van der Waals surface area contributed by atoms with Crippen LogP contribution < -0.4 is 15.0 Å². The maximum absolute atomic E-state index is 12.1. The number of carbonyl (C=O) groups is 1. The van der Waals surface area contributed by atoms with Crippen LogP contribution in [0.4, 0.5) is 11.4 Å². The molecule has 1 aliphatic heterocycles. The average molecular weight is 352 g/mol. The van der Waals surface area contributed by atoms with Crippen molar-refractivity contribution in [3.05, 3.63) is 54.1 Å². The highest BCUT2D eigenvalue weighted by atomic mass is 16.5. The monoisotopic (exact) mass is 352 g/mol. The third-order valence-corrected chi connectivity index (χ3v) is 4.99. The van der Waals surface area contributed by atoms with E-state index in [4.69, 9.17) is 4.74 Å². The Hall–Kier alpha value is -2.49. The quantitative estimate of drug-likeness (QED) is 0.823. The van der Waals surface area contributed by atoms with Crippen molar-refractivity contribution >= 4 is 17.3 Å². The molecule has 0 aromatic heterocycles. The number of hydrogen-bond donors (Lipinski definition) is 1. The molecule has 1 saturated heterocycles. The first-order valence-corrected chi connectivity index (χ1v) is 9.54. The van der Waals surface area contributed by atoms with Gasteiger partial charge in [0.2, 0.25) is 0 Å². The number of piperidine rings is 1. The van der Waals surface area contributed by atoms with Crippen molar-refractivity contribution in [1.82, 2.24) is 0 Å². The Balaban J connectivity index is 1.50. The summed E-state index contributed by atoms with van der Waals surface area (Å²) in [6, 6.07) is 16.5. The van der Waals surface area contributed by atoms with Gasteiger partial charge in [0, 0.05) is 24.0 Å². The fourth-order valence-electron chi connectivity index (χ4n) is 3.39. The number of hydrogen-bond acceptors (Lipinski definition) is 3. The molecule has 2 aromatic carbocycles. The summed E-state index contributed by atoms with van der Waals surface area (Å²) >= 11 is 0. The molecule has 0 aliphatic carbocycles. The summed E-state index contributed by atoms with van der Waals surface area (Å²) in [5.74, 6) is 0.565. The largest absolute Gasteiger partial charge is 0.484 e. The second-order valence-electron chi connectivity index (χ2n) is 6.92. The molecule has 1 N–H and O–H groups in total. The average Bonchev–Trinajstić information content (AvgIpc) is 2.68. The molecule has 1 fully saturated rings. The van der Waals surface area contributed by atoms with Gasteiger partial charge in [-0.1, -0.05) is 19.1 Å². The van der Waals surface area contributed by atoms with E-state index in [2.05, 4.69) is 36.2 Å². The zero-order valence-corrected chi connectivity index (χ0v) is 15.7. The number of amides is 1. The first-order chi connectivity index (χ1) is 12.7. The lowest BCUT2D eigenvalue weighted by molar-refractivity contribution is -0.118. The Morgan fingerprint density at radius 1 is 1.12 bits per heavy atom. The van der Waals surface area contributed by atoms with Crippen molar-refractivity contribution in [2.45, 2.75) is 45.6 Å². The minimum atomic E-state index is -0.149. The van der Waals surface area contributed by atoms with Crippen LogP contribution in [0.2, 0.25) is 0 Å². The van der Waals surface area contributed by atoms with E-state index in [1.54, 1.807) is 0 Å². The van der Waals surface area contributed by atoms with E-state index in [0.717, 1.165) is 18.7 Å². The highest BCUT2D eigenvalue weighted by Crippen LogP contribution is 2.25. The van der Waals surface area contributed by atoms with Crippen molar-refractivity contribution in [2.24, 2.45) is 0 Å². The summed E-state index contributed by atoms with van der Waals surface area (Å²) in [4.78, 5) is 14.5. The van der Waals surface area contributed by atoms with Gasteiger partial charge in [0.05, 0.1) is 0 Å². The van der Waals surface area contributed by atoms with Crippen molar-refractivity contribution in [3.63, 3.8) is 0 Å². The third-order valence-electron chi connectivity index (χ3n) is 4.99. The summed E-state index contributed by atoms with van der Waals surface area (Å²) in [6.45, 7) is 5.51. The molecule has 3 rings (SSSR count). The van der Waals surface area contributed by atoms with Gasteiger partial charge in [-0.05, 0) is 74.6 Å². The summed E-state index contributed by atoms with van der Waals surface area (Å²) in [5, 5.41) is 2.89. The van der Waals surface area contributed by atoms with Crippen LogP contribution in [-0.2, 0) is 11.2 Å². The SMILES string of the molecule is CCc1ccc(OCC(=O)Nc2ccc(N3CCCCC3C)cc2)cc1. The molecule has 26 heavy (non-hydrogen) atoms. The van der Waals surface area contributed by atoms with Gasteiger partial charge in [-0.15, -0.1) is 0 Å². The first-order valence-electron chi connectivity index (χ1n) is 9.54. The molecule has 0 spiro atoms. The van der Waals surface area contributed by atoms with Crippen LogP contribution in [0.3, 0.4) is 0 Å². The zero-order chi connectivity index (χ0) is 18.4. The van der Waals surface area contributed by atoms with E-state index in [-0.39, 0.29) is 12.5 Å². The number of ether oxygens (including phenoxy) is 1. The Bertz CT molecular complexity index is 710. The van der Waals surface area contributed by atoms with Crippen molar-refractivity contribution in [1.29, 1.82) is 0 Å². The standard InChI is InChI=1S/C22H28N2O2/c1-3-18-7-13-21(14-8-18)26-16-22(25)23-19-9-11-20(12-10-19)24-15-5-4-6-17(24)2/h7-14,17H,3-6,15-16H2,1-2H3,(H,23,25). The van der Waals surface area contributed by atoms with E-state index in [9.17, 15) is 4.79 Å². The second-order valence-corrected chi connectivity index (χ2v) is 6.92. The predicted molar refractivity (Wildman–Crippen MR) is 107 cm³/mol. The van der Waals surface area contributed by atoms with Crippen LogP contribution in [0.1, 0.15) is 38.7 Å². The number of nitrogens with zero attached hydrogens (tertiary/aromatic N) is 1. The van der Waals surface area contributed by atoms with E-state index in [1.165, 1.54) is 30.5 Å². The first kappa shape index (κ1) is 18.3. The minimum absolute atomic E-state index is 0.0103. The predicted octanol–water partition coefficient (Wildman–Crippen LogP) is 4.65. The summed E-state index contributed by atoms with van der Waals surface area (Å²) in [5.41, 5.74) is 3.28. The smallest absolute Gasteiger partial charge is 0.262 e. The molecule has 138 valence electrons. The Morgan fingerprint density at radius 3 is 2.50 bits per heavy atom. The molecule has 1 atom stereocenters. The zero-order valence-electron chi connectivity index (χ0n) is 15.7. The third kappa shape index (κ3) is 4.78. The number of nitrogens with one attached hydrogen (secondary N) is 1. The number of carbonyl (C=O) groups excluding carboxylic acids is 1. The molecule has 1 heterocycles. The Morgan fingerprint density at radius 2 is 1.85 bits per heavy atom. The van der Waals surface area contributed by atoms with Crippen molar-refractivity contribution in [2.75, 3.05) is 23.4 Å².